The molecule has 0 unspecified atom stereocenters. The van der Waals surface area contributed by atoms with Gasteiger partial charge in [0, 0.05) is 21.0 Å². The summed E-state index contributed by atoms with van der Waals surface area (Å²) in [6.07, 6.45) is -3.02. The third-order valence-corrected chi connectivity index (χ3v) is 1.90. The average Bonchev–Trinajstić information content (AvgIpc) is 2.25. The molecule has 0 aromatic carbocycles. The molecule has 0 aliphatic heterocycles. The first-order valence-electron chi connectivity index (χ1n) is 4.89. The summed E-state index contributed by atoms with van der Waals surface area (Å²) in [4.78, 5) is 32.3. The van der Waals surface area contributed by atoms with Crippen LogP contribution in [0.4, 0.5) is 0 Å². The van der Waals surface area contributed by atoms with Gasteiger partial charge in [0.2, 0.25) is 0 Å². The molecule has 0 heterocycles. The molecule has 0 amide bonds. The van der Waals surface area contributed by atoms with Crippen LogP contribution in [0.25, 0.3) is 0 Å². The van der Waals surface area contributed by atoms with Crippen molar-refractivity contribution in [1.82, 2.24) is 0 Å². The Balaban J connectivity index is 4.78. The van der Waals surface area contributed by atoms with E-state index in [4.69, 9.17) is 14.6 Å². The van der Waals surface area contributed by atoms with Crippen molar-refractivity contribution in [3.05, 3.63) is 0 Å². The molecule has 0 radical (unpaired) electrons. The zero-order valence-corrected chi connectivity index (χ0v) is 9.91. The fourth-order valence-corrected chi connectivity index (χ4v) is 1.28. The van der Waals surface area contributed by atoms with Gasteiger partial charge in [-0.2, -0.15) is 0 Å². The molecule has 0 saturated heterocycles. The van der Waals surface area contributed by atoms with Gasteiger partial charge in [-0.3, -0.25) is 14.4 Å². The van der Waals surface area contributed by atoms with Gasteiger partial charge in [-0.05, 0) is 0 Å². The molecule has 17 heavy (non-hydrogen) atoms. The zero-order chi connectivity index (χ0) is 13.4. The number of rotatable bonds is 7. The van der Waals surface area contributed by atoms with Crippen LogP contribution in [0.15, 0.2) is 0 Å². The molecular formula is C10H16O7. The van der Waals surface area contributed by atoms with Gasteiger partial charge >= 0.3 is 11.9 Å². The van der Waals surface area contributed by atoms with Crippen LogP contribution >= 0.6 is 0 Å². The summed E-state index contributed by atoms with van der Waals surface area (Å²) < 4.78 is 14.3. The lowest BCUT2D eigenvalue weighted by molar-refractivity contribution is -0.175. The summed E-state index contributed by atoms with van der Waals surface area (Å²) in [5, 5.41) is 9.04. The summed E-state index contributed by atoms with van der Waals surface area (Å²) in [6.45, 7) is 1.73. The molecule has 0 bridgehead atoms. The molecule has 7 heteroatoms. The first-order valence-corrected chi connectivity index (χ1v) is 4.89. The van der Waals surface area contributed by atoms with E-state index >= 15 is 0 Å². The van der Waals surface area contributed by atoms with Crippen molar-refractivity contribution in [3.63, 3.8) is 0 Å². The number of carbonyl (C=O) groups excluding carboxylic acids is 3. The van der Waals surface area contributed by atoms with Crippen LogP contribution in [0.5, 0.6) is 0 Å². The minimum Gasteiger partial charge on any atom is -0.457 e. The third kappa shape index (κ3) is 5.41. The molecule has 0 aromatic rings. The SMILES string of the molecule is CO[C@H]([C@H](C=O)OC(C)=O)[C@@H](CO)OC(C)=O. The number of methoxy groups -OCH3 is 1. The lowest BCUT2D eigenvalue weighted by Crippen LogP contribution is -2.46. The Hall–Kier alpha value is -1.47. The fraction of sp³-hybridized carbons (Fsp3) is 0.700. The second-order valence-corrected chi connectivity index (χ2v) is 3.24. The molecule has 0 aromatic heterocycles. The monoisotopic (exact) mass is 248 g/mol. The highest BCUT2D eigenvalue weighted by atomic mass is 16.6. The second kappa shape index (κ2) is 7.75. The van der Waals surface area contributed by atoms with E-state index in [9.17, 15) is 14.4 Å². The Bertz CT molecular complexity index is 276. The van der Waals surface area contributed by atoms with E-state index in [-0.39, 0.29) is 0 Å². The number of hydrogen-bond acceptors (Lipinski definition) is 7. The number of aldehydes is 1. The molecule has 0 aliphatic rings. The lowest BCUT2D eigenvalue weighted by atomic mass is 10.1. The van der Waals surface area contributed by atoms with Gasteiger partial charge in [0.05, 0.1) is 6.61 Å². The molecule has 0 spiro atoms. The first-order chi connectivity index (χ1) is 7.96. The molecule has 0 rings (SSSR count). The van der Waals surface area contributed by atoms with Gasteiger partial charge in [-0.1, -0.05) is 0 Å². The number of esters is 2. The van der Waals surface area contributed by atoms with Crippen molar-refractivity contribution in [3.8, 4) is 0 Å². The Morgan fingerprint density at radius 2 is 1.76 bits per heavy atom. The lowest BCUT2D eigenvalue weighted by Gasteiger charge is -2.27. The average molecular weight is 248 g/mol. The molecule has 0 saturated carbocycles. The standard InChI is InChI=1S/C10H16O7/c1-6(13)16-8(4-11)10(15-3)9(5-12)17-7(2)14/h4,8-10,12H,5H2,1-3H3/t8-,9+,10+/m0/s1. The van der Waals surface area contributed by atoms with Gasteiger partial charge in [0.15, 0.2) is 18.5 Å². The fourth-order valence-electron chi connectivity index (χ4n) is 1.28. The number of aliphatic hydroxyl groups excluding tert-OH is 1. The van der Waals surface area contributed by atoms with E-state index in [0.717, 1.165) is 13.8 Å². The summed E-state index contributed by atoms with van der Waals surface area (Å²) in [5.41, 5.74) is 0. The predicted octanol–water partition coefficient (Wildman–Crippen LogP) is -0.944. The quantitative estimate of drug-likeness (QED) is 0.458. The minimum atomic E-state index is -1.24. The number of ether oxygens (including phenoxy) is 3. The van der Waals surface area contributed by atoms with Crippen LogP contribution < -0.4 is 0 Å². The van der Waals surface area contributed by atoms with Crippen molar-refractivity contribution >= 4 is 18.2 Å². The Labute approximate surface area is 98.6 Å². The molecular weight excluding hydrogens is 232 g/mol. The number of hydrogen-bond donors (Lipinski definition) is 1. The van der Waals surface area contributed by atoms with Crippen LogP contribution in [0.3, 0.4) is 0 Å². The third-order valence-electron chi connectivity index (χ3n) is 1.90. The van der Waals surface area contributed by atoms with E-state index in [1.54, 1.807) is 0 Å². The Morgan fingerprint density at radius 3 is 2.06 bits per heavy atom. The highest BCUT2D eigenvalue weighted by Gasteiger charge is 2.33. The molecule has 0 aliphatic carbocycles. The van der Waals surface area contributed by atoms with Crippen LogP contribution in [-0.2, 0) is 28.6 Å². The maximum absolute atomic E-state index is 10.8. The largest absolute Gasteiger partial charge is 0.457 e. The minimum absolute atomic E-state index is 0.349. The van der Waals surface area contributed by atoms with Crippen molar-refractivity contribution in [1.29, 1.82) is 0 Å². The van der Waals surface area contributed by atoms with E-state index in [2.05, 4.69) is 4.74 Å². The smallest absolute Gasteiger partial charge is 0.303 e. The van der Waals surface area contributed by atoms with Gasteiger partial charge in [0.1, 0.15) is 6.10 Å². The van der Waals surface area contributed by atoms with Gasteiger partial charge in [-0.25, -0.2) is 0 Å². The molecule has 1 N–H and O–H groups in total. The highest BCUT2D eigenvalue weighted by molar-refractivity contribution is 5.70. The Morgan fingerprint density at radius 1 is 1.24 bits per heavy atom. The van der Waals surface area contributed by atoms with Crippen molar-refractivity contribution in [2.75, 3.05) is 13.7 Å². The van der Waals surface area contributed by atoms with Crippen LogP contribution in [-0.4, -0.2) is 55.4 Å². The van der Waals surface area contributed by atoms with E-state index in [0.29, 0.717) is 6.29 Å². The number of carbonyl (C=O) groups is 3. The normalized spacial score (nSPS) is 15.5. The maximum atomic E-state index is 10.8. The molecule has 3 atom stereocenters. The first kappa shape index (κ1) is 15.5. The maximum Gasteiger partial charge on any atom is 0.303 e. The zero-order valence-electron chi connectivity index (χ0n) is 9.91. The summed E-state index contributed by atoms with van der Waals surface area (Å²) >= 11 is 0. The van der Waals surface area contributed by atoms with Crippen molar-refractivity contribution in [2.45, 2.75) is 32.2 Å². The molecule has 7 nitrogen and oxygen atoms in total. The Kier molecular flexibility index (Phi) is 7.08. The van der Waals surface area contributed by atoms with Crippen molar-refractivity contribution in [2.24, 2.45) is 0 Å². The van der Waals surface area contributed by atoms with E-state index < -0.39 is 36.9 Å². The predicted molar refractivity (Wildman–Crippen MR) is 55.1 cm³/mol. The van der Waals surface area contributed by atoms with Gasteiger partial charge in [0.25, 0.3) is 0 Å². The molecule has 0 fully saturated rings. The number of aliphatic hydroxyl groups is 1. The summed E-state index contributed by atoms with van der Waals surface area (Å²) in [5.74, 6) is -1.32. The van der Waals surface area contributed by atoms with Crippen LogP contribution in [0.1, 0.15) is 13.8 Å². The van der Waals surface area contributed by atoms with Crippen LogP contribution in [0.2, 0.25) is 0 Å². The summed E-state index contributed by atoms with van der Waals surface area (Å²) in [7, 11) is 1.25. The van der Waals surface area contributed by atoms with Crippen molar-refractivity contribution < 1.29 is 33.7 Å². The van der Waals surface area contributed by atoms with E-state index in [1.165, 1.54) is 7.11 Å². The van der Waals surface area contributed by atoms with Crippen LogP contribution in [0, 0.1) is 0 Å². The highest BCUT2D eigenvalue weighted by Crippen LogP contribution is 2.11. The molecule has 98 valence electrons. The van der Waals surface area contributed by atoms with Gasteiger partial charge in [-0.15, -0.1) is 0 Å². The topological polar surface area (TPSA) is 99.1 Å². The second-order valence-electron chi connectivity index (χ2n) is 3.24. The van der Waals surface area contributed by atoms with Gasteiger partial charge < -0.3 is 19.3 Å². The van der Waals surface area contributed by atoms with E-state index in [1.807, 2.05) is 0 Å². The summed E-state index contributed by atoms with van der Waals surface area (Å²) in [6, 6.07) is 0.